The molecule has 0 amide bonds. The van der Waals surface area contributed by atoms with Crippen molar-refractivity contribution >= 4 is 10.0 Å². The van der Waals surface area contributed by atoms with Crippen LogP contribution in [0.25, 0.3) is 0 Å². The number of sulfonamides is 1. The molecule has 1 atom stereocenters. The van der Waals surface area contributed by atoms with E-state index in [0.717, 1.165) is 23.7 Å². The maximum Gasteiger partial charge on any atom is 0.236 e. The molecule has 1 aliphatic heterocycles. The average Bonchev–Trinajstić information content (AvgIpc) is 2.45. The van der Waals surface area contributed by atoms with Gasteiger partial charge in [0.1, 0.15) is 0 Å². The fraction of sp³-hybridized carbons (Fsp3) is 1.00. The van der Waals surface area contributed by atoms with Crippen molar-refractivity contribution in [1.29, 1.82) is 0 Å². The van der Waals surface area contributed by atoms with Crippen LogP contribution in [-0.2, 0) is 14.9 Å². The van der Waals surface area contributed by atoms with Crippen molar-refractivity contribution in [2.45, 2.75) is 25.4 Å². The van der Waals surface area contributed by atoms with Crippen molar-refractivity contribution in [2.75, 3.05) is 18.9 Å². The Morgan fingerprint density at radius 2 is 2.14 bits per heavy atom. The number of hydrogen-bond donors (Lipinski definition) is 1. The Hall–Kier alpha value is -0.170. The third-order valence-electron chi connectivity index (χ3n) is 2.75. The van der Waals surface area contributed by atoms with E-state index in [0.29, 0.717) is 5.92 Å². The average molecular weight is 221 g/mol. The second-order valence-corrected chi connectivity index (χ2v) is 5.91. The number of hydrogen-bond acceptors (Lipinski definition) is 4. The largest absolute Gasteiger partial charge is 0.389 e. The van der Waals surface area contributed by atoms with Gasteiger partial charge in [0.05, 0.1) is 25.0 Å². The summed E-state index contributed by atoms with van der Waals surface area (Å²) in [6.45, 7) is 0.166. The summed E-state index contributed by atoms with van der Waals surface area (Å²) in [4.78, 5) is 4.89. The molecule has 6 heteroatoms. The first-order chi connectivity index (χ1) is 6.58. The molecule has 0 aromatic carbocycles. The summed E-state index contributed by atoms with van der Waals surface area (Å²) in [5, 5.41) is 9.14. The highest BCUT2D eigenvalue weighted by Gasteiger charge is 2.34. The maximum atomic E-state index is 11.7. The molecule has 1 heterocycles. The minimum Gasteiger partial charge on any atom is -0.389 e. The number of rotatable bonds is 3. The molecule has 1 aliphatic carbocycles. The summed E-state index contributed by atoms with van der Waals surface area (Å²) in [7, 11) is -3.30. The summed E-state index contributed by atoms with van der Waals surface area (Å²) in [6.07, 6.45) is 2.45. The molecule has 2 fully saturated rings. The SMILES string of the molecule is O=S(=O)(CC1CCC1)N1CC(O)CO1. The van der Waals surface area contributed by atoms with Gasteiger partial charge in [-0.25, -0.2) is 8.42 Å². The molecule has 0 spiro atoms. The highest BCUT2D eigenvalue weighted by molar-refractivity contribution is 7.88. The molecule has 0 radical (unpaired) electrons. The molecule has 2 rings (SSSR count). The van der Waals surface area contributed by atoms with E-state index in [9.17, 15) is 8.42 Å². The molecule has 2 aliphatic rings. The summed E-state index contributed by atoms with van der Waals surface area (Å²) in [5.41, 5.74) is 0. The normalized spacial score (nSPS) is 30.5. The molecule has 1 unspecified atom stereocenters. The second kappa shape index (κ2) is 3.77. The van der Waals surface area contributed by atoms with Crippen molar-refractivity contribution < 1.29 is 18.4 Å². The van der Waals surface area contributed by atoms with Crippen LogP contribution in [0, 0.1) is 5.92 Å². The molecule has 1 N–H and O–H groups in total. The first-order valence-electron chi connectivity index (χ1n) is 4.89. The van der Waals surface area contributed by atoms with Crippen LogP contribution in [0.15, 0.2) is 0 Å². The van der Waals surface area contributed by atoms with Gasteiger partial charge in [0.15, 0.2) is 0 Å². The Morgan fingerprint density at radius 1 is 1.43 bits per heavy atom. The topological polar surface area (TPSA) is 66.8 Å². The molecule has 14 heavy (non-hydrogen) atoms. The van der Waals surface area contributed by atoms with E-state index < -0.39 is 16.1 Å². The van der Waals surface area contributed by atoms with Gasteiger partial charge in [-0.3, -0.25) is 4.84 Å². The van der Waals surface area contributed by atoms with Gasteiger partial charge in [-0.2, -0.15) is 0 Å². The van der Waals surface area contributed by atoms with E-state index in [4.69, 9.17) is 9.94 Å². The Labute approximate surface area is 83.7 Å². The predicted molar refractivity (Wildman–Crippen MR) is 49.8 cm³/mol. The van der Waals surface area contributed by atoms with Crippen LogP contribution in [0.5, 0.6) is 0 Å². The maximum absolute atomic E-state index is 11.7. The molecule has 0 aromatic rings. The molecular weight excluding hydrogens is 206 g/mol. The van der Waals surface area contributed by atoms with E-state index in [1.807, 2.05) is 0 Å². The Kier molecular flexibility index (Phi) is 2.79. The molecular formula is C8H15NO4S. The Bertz CT molecular complexity index is 298. The van der Waals surface area contributed by atoms with Crippen molar-refractivity contribution in [3.05, 3.63) is 0 Å². The van der Waals surface area contributed by atoms with E-state index in [1.165, 1.54) is 0 Å². The Morgan fingerprint density at radius 3 is 2.57 bits per heavy atom. The smallest absolute Gasteiger partial charge is 0.236 e. The highest BCUT2D eigenvalue weighted by atomic mass is 32.2. The lowest BCUT2D eigenvalue weighted by Gasteiger charge is -2.26. The minimum atomic E-state index is -3.30. The van der Waals surface area contributed by atoms with Crippen molar-refractivity contribution in [3.8, 4) is 0 Å². The monoisotopic (exact) mass is 221 g/mol. The van der Waals surface area contributed by atoms with E-state index in [-0.39, 0.29) is 18.9 Å². The molecule has 0 bridgehead atoms. The first kappa shape index (κ1) is 10.4. The molecule has 5 nitrogen and oxygen atoms in total. The van der Waals surface area contributed by atoms with Crippen LogP contribution < -0.4 is 0 Å². The minimum absolute atomic E-state index is 0.0784. The third-order valence-corrected chi connectivity index (χ3v) is 4.52. The lowest BCUT2D eigenvalue weighted by Crippen LogP contribution is -2.35. The van der Waals surface area contributed by atoms with Gasteiger partial charge in [0.25, 0.3) is 0 Å². The fourth-order valence-corrected chi connectivity index (χ4v) is 3.40. The van der Waals surface area contributed by atoms with Gasteiger partial charge >= 0.3 is 0 Å². The summed E-state index contributed by atoms with van der Waals surface area (Å²) < 4.78 is 24.3. The van der Waals surface area contributed by atoms with Gasteiger partial charge in [-0.15, -0.1) is 0 Å². The van der Waals surface area contributed by atoms with Crippen molar-refractivity contribution in [3.63, 3.8) is 0 Å². The van der Waals surface area contributed by atoms with Gasteiger partial charge in [0, 0.05) is 0 Å². The van der Waals surface area contributed by atoms with Crippen LogP contribution in [-0.4, -0.2) is 43.0 Å². The van der Waals surface area contributed by atoms with Gasteiger partial charge in [0.2, 0.25) is 10.0 Å². The van der Waals surface area contributed by atoms with E-state index in [1.54, 1.807) is 0 Å². The zero-order valence-corrected chi connectivity index (χ0v) is 8.74. The number of hydroxylamine groups is 1. The molecule has 1 saturated heterocycles. The van der Waals surface area contributed by atoms with Crippen molar-refractivity contribution in [1.82, 2.24) is 4.47 Å². The number of nitrogens with zero attached hydrogens (tertiary/aromatic N) is 1. The number of aliphatic hydroxyl groups is 1. The highest BCUT2D eigenvalue weighted by Crippen LogP contribution is 2.29. The van der Waals surface area contributed by atoms with Gasteiger partial charge in [-0.1, -0.05) is 10.9 Å². The van der Waals surface area contributed by atoms with E-state index >= 15 is 0 Å². The molecule has 0 aromatic heterocycles. The summed E-state index contributed by atoms with van der Waals surface area (Å²) in [5.74, 6) is 0.459. The quantitative estimate of drug-likeness (QED) is 0.712. The Balaban J connectivity index is 1.93. The second-order valence-electron chi connectivity index (χ2n) is 4.01. The number of β-amino-alcohol motifs (C(OH)–C–C–N with tert-alkyl or cyclic N) is 1. The summed E-state index contributed by atoms with van der Waals surface area (Å²) in [6, 6.07) is 0. The van der Waals surface area contributed by atoms with Crippen LogP contribution in [0.2, 0.25) is 0 Å². The lowest BCUT2D eigenvalue weighted by atomic mass is 9.87. The standard InChI is InChI=1S/C8H15NO4S/c10-8-4-9(13-5-8)14(11,12)6-7-2-1-3-7/h7-8,10H,1-6H2. The zero-order valence-electron chi connectivity index (χ0n) is 7.92. The van der Waals surface area contributed by atoms with Crippen LogP contribution in [0.4, 0.5) is 0 Å². The van der Waals surface area contributed by atoms with Crippen LogP contribution in [0.3, 0.4) is 0 Å². The van der Waals surface area contributed by atoms with Crippen LogP contribution in [0.1, 0.15) is 19.3 Å². The number of aliphatic hydroxyl groups excluding tert-OH is 1. The zero-order chi connectivity index (χ0) is 10.2. The third kappa shape index (κ3) is 2.08. The van der Waals surface area contributed by atoms with Gasteiger partial charge < -0.3 is 5.11 Å². The lowest BCUT2D eigenvalue weighted by molar-refractivity contribution is -0.0321. The molecule has 1 saturated carbocycles. The summed E-state index contributed by atoms with van der Waals surface area (Å²) >= 11 is 0. The molecule has 82 valence electrons. The fourth-order valence-electron chi connectivity index (χ4n) is 1.68. The van der Waals surface area contributed by atoms with Crippen molar-refractivity contribution in [2.24, 2.45) is 5.92 Å². The van der Waals surface area contributed by atoms with Gasteiger partial charge in [-0.05, 0) is 18.8 Å². The first-order valence-corrected chi connectivity index (χ1v) is 6.50. The van der Waals surface area contributed by atoms with Crippen LogP contribution >= 0.6 is 0 Å². The predicted octanol–water partition coefficient (Wildman–Crippen LogP) is -0.276. The van der Waals surface area contributed by atoms with E-state index in [2.05, 4.69) is 0 Å².